The largest absolute Gasteiger partial charge is 0.325 e. The fourth-order valence-corrected chi connectivity index (χ4v) is 3.80. The first-order valence-electron chi connectivity index (χ1n) is 8.57. The van der Waals surface area contributed by atoms with E-state index in [0.717, 1.165) is 4.90 Å². The summed E-state index contributed by atoms with van der Waals surface area (Å²) >= 11 is 3.37. The van der Waals surface area contributed by atoms with Crippen molar-refractivity contribution in [3.05, 3.63) is 68.2 Å². The number of anilines is 1. The maximum atomic E-state index is 12.9. The van der Waals surface area contributed by atoms with Crippen molar-refractivity contribution in [1.82, 2.24) is 10.2 Å². The summed E-state index contributed by atoms with van der Waals surface area (Å²) in [7, 11) is 0. The lowest BCUT2D eigenvalue weighted by Gasteiger charge is -2.23. The van der Waals surface area contributed by atoms with E-state index in [1.165, 1.54) is 18.2 Å². The third-order valence-electron chi connectivity index (χ3n) is 4.68. The molecule has 0 spiro atoms. The molecule has 4 amide bonds. The first kappa shape index (κ1) is 20.5. The molecule has 2 N–H and O–H groups in total. The minimum absolute atomic E-state index is 0.140. The molecule has 3 rings (SSSR count). The van der Waals surface area contributed by atoms with Crippen LogP contribution in [-0.2, 0) is 15.1 Å². The zero-order valence-corrected chi connectivity index (χ0v) is 17.1. The molecule has 1 aliphatic rings. The highest BCUT2D eigenvalue weighted by Gasteiger charge is 2.50. The van der Waals surface area contributed by atoms with Gasteiger partial charge in [0.2, 0.25) is 5.91 Å². The van der Waals surface area contributed by atoms with Gasteiger partial charge < -0.3 is 10.6 Å². The Hall–Kier alpha value is -3.27. The maximum absolute atomic E-state index is 12.9. The first-order chi connectivity index (χ1) is 13.6. The average Bonchev–Trinajstić information content (AvgIpc) is 2.87. The van der Waals surface area contributed by atoms with E-state index in [2.05, 4.69) is 26.6 Å². The Morgan fingerprint density at radius 3 is 2.62 bits per heavy atom. The van der Waals surface area contributed by atoms with Gasteiger partial charge in [0.05, 0.1) is 4.92 Å². The van der Waals surface area contributed by atoms with Gasteiger partial charge in [-0.3, -0.25) is 24.6 Å². The first-order valence-corrected chi connectivity index (χ1v) is 9.37. The Labute approximate surface area is 174 Å². The Bertz CT molecular complexity index is 1040. The highest BCUT2D eigenvalue weighted by atomic mass is 79.9. The number of nitro groups is 1. The van der Waals surface area contributed by atoms with E-state index in [1.807, 2.05) is 0 Å². The second kappa shape index (κ2) is 7.63. The maximum Gasteiger partial charge on any atom is 0.325 e. The molecule has 0 saturated carbocycles. The van der Waals surface area contributed by atoms with Crippen LogP contribution in [0, 0.1) is 17.0 Å². The summed E-state index contributed by atoms with van der Waals surface area (Å²) in [6.45, 7) is 2.63. The van der Waals surface area contributed by atoms with Crippen molar-refractivity contribution in [2.75, 3.05) is 11.9 Å². The predicted molar refractivity (Wildman–Crippen MR) is 108 cm³/mol. The Morgan fingerprint density at radius 2 is 1.97 bits per heavy atom. The van der Waals surface area contributed by atoms with E-state index in [1.54, 1.807) is 38.1 Å². The summed E-state index contributed by atoms with van der Waals surface area (Å²) in [5.41, 5.74) is -0.242. The summed E-state index contributed by atoms with van der Waals surface area (Å²) in [5, 5.41) is 16.2. The van der Waals surface area contributed by atoms with E-state index in [-0.39, 0.29) is 11.4 Å². The van der Waals surface area contributed by atoms with Crippen LogP contribution in [0.1, 0.15) is 18.1 Å². The lowest BCUT2D eigenvalue weighted by Crippen LogP contribution is -2.42. The van der Waals surface area contributed by atoms with Crippen LogP contribution in [-0.4, -0.2) is 34.2 Å². The van der Waals surface area contributed by atoms with Gasteiger partial charge in [-0.05, 0) is 26.0 Å². The average molecular weight is 461 g/mol. The molecule has 2 aromatic rings. The van der Waals surface area contributed by atoms with Gasteiger partial charge in [-0.1, -0.05) is 40.2 Å². The standard InChI is InChI=1S/C19H17BrN4O5/c1-11-7-8-12(9-15(11)24(28)29)21-16(25)10-23-17(26)19(2,22-18(23)27)13-5-3-4-6-14(13)20/h3-9H,10H2,1-2H3,(H,21,25)(H,22,27)/t19-/m0/s1. The van der Waals surface area contributed by atoms with Gasteiger partial charge in [0.25, 0.3) is 11.6 Å². The Balaban J connectivity index is 1.77. The van der Waals surface area contributed by atoms with Crippen molar-refractivity contribution in [2.45, 2.75) is 19.4 Å². The highest BCUT2D eigenvalue weighted by molar-refractivity contribution is 9.10. The van der Waals surface area contributed by atoms with Crippen molar-refractivity contribution in [1.29, 1.82) is 0 Å². The lowest BCUT2D eigenvalue weighted by molar-refractivity contribution is -0.385. The molecular weight excluding hydrogens is 444 g/mol. The van der Waals surface area contributed by atoms with Crippen molar-refractivity contribution in [2.24, 2.45) is 0 Å². The van der Waals surface area contributed by atoms with Crippen molar-refractivity contribution >= 4 is 45.2 Å². The number of nitrogens with zero attached hydrogens (tertiary/aromatic N) is 2. The van der Waals surface area contributed by atoms with E-state index in [9.17, 15) is 24.5 Å². The number of carbonyl (C=O) groups is 3. The smallest absolute Gasteiger partial charge is 0.324 e. The van der Waals surface area contributed by atoms with Crippen LogP contribution in [0.4, 0.5) is 16.2 Å². The molecule has 29 heavy (non-hydrogen) atoms. The van der Waals surface area contributed by atoms with Crippen LogP contribution in [0.5, 0.6) is 0 Å². The normalized spacial score (nSPS) is 18.5. The number of amides is 4. The van der Waals surface area contributed by atoms with Crippen LogP contribution in [0.15, 0.2) is 46.9 Å². The number of halogens is 1. The number of hydrogen-bond donors (Lipinski definition) is 2. The predicted octanol–water partition coefficient (Wildman–Crippen LogP) is 3.07. The van der Waals surface area contributed by atoms with Crippen LogP contribution >= 0.6 is 15.9 Å². The summed E-state index contributed by atoms with van der Waals surface area (Å²) < 4.78 is 0.648. The number of imide groups is 1. The van der Waals surface area contributed by atoms with Gasteiger partial charge in [-0.25, -0.2) is 4.79 Å². The summed E-state index contributed by atoms with van der Waals surface area (Å²) in [6.07, 6.45) is 0. The number of nitro benzene ring substituents is 1. The fraction of sp³-hybridized carbons (Fsp3) is 0.211. The molecule has 1 fully saturated rings. The van der Waals surface area contributed by atoms with Gasteiger partial charge in [-0.2, -0.15) is 0 Å². The van der Waals surface area contributed by atoms with Crippen LogP contribution in [0.3, 0.4) is 0 Å². The van der Waals surface area contributed by atoms with Crippen molar-refractivity contribution < 1.29 is 19.3 Å². The topological polar surface area (TPSA) is 122 Å². The molecule has 1 heterocycles. The lowest BCUT2D eigenvalue weighted by atomic mass is 9.92. The molecule has 0 bridgehead atoms. The number of aryl methyl sites for hydroxylation is 1. The van der Waals surface area contributed by atoms with Crippen LogP contribution in [0.25, 0.3) is 0 Å². The van der Waals surface area contributed by atoms with Gasteiger partial charge in [0.1, 0.15) is 12.1 Å². The molecule has 1 saturated heterocycles. The molecule has 0 radical (unpaired) electrons. The van der Waals surface area contributed by atoms with Gasteiger partial charge in [-0.15, -0.1) is 0 Å². The molecule has 1 atom stereocenters. The number of nitrogens with one attached hydrogen (secondary N) is 2. The number of hydrogen-bond acceptors (Lipinski definition) is 5. The number of carbonyl (C=O) groups excluding carboxylic acids is 3. The summed E-state index contributed by atoms with van der Waals surface area (Å²) in [4.78, 5) is 49.0. The van der Waals surface area contributed by atoms with Crippen LogP contribution < -0.4 is 10.6 Å². The molecule has 9 nitrogen and oxygen atoms in total. The molecule has 2 aromatic carbocycles. The third-order valence-corrected chi connectivity index (χ3v) is 5.37. The van der Waals surface area contributed by atoms with Crippen LogP contribution in [0.2, 0.25) is 0 Å². The minimum Gasteiger partial charge on any atom is -0.324 e. The van der Waals surface area contributed by atoms with Crippen molar-refractivity contribution in [3.8, 4) is 0 Å². The van der Waals surface area contributed by atoms with Gasteiger partial charge in [0.15, 0.2) is 0 Å². The fourth-order valence-electron chi connectivity index (χ4n) is 3.12. The quantitative estimate of drug-likeness (QED) is 0.403. The summed E-state index contributed by atoms with van der Waals surface area (Å²) in [5.74, 6) is -1.22. The van der Waals surface area contributed by atoms with E-state index in [4.69, 9.17) is 0 Å². The molecule has 0 aliphatic carbocycles. The van der Waals surface area contributed by atoms with Crippen molar-refractivity contribution in [3.63, 3.8) is 0 Å². The Morgan fingerprint density at radius 1 is 1.28 bits per heavy atom. The Kier molecular flexibility index (Phi) is 5.38. The molecule has 1 aliphatic heterocycles. The summed E-state index contributed by atoms with van der Waals surface area (Å²) in [6, 6.07) is 10.5. The van der Waals surface area contributed by atoms with E-state index >= 15 is 0 Å². The second-order valence-electron chi connectivity index (χ2n) is 6.73. The van der Waals surface area contributed by atoms with E-state index < -0.39 is 34.9 Å². The zero-order chi connectivity index (χ0) is 21.3. The monoisotopic (exact) mass is 460 g/mol. The molecular formula is C19H17BrN4O5. The minimum atomic E-state index is -1.32. The SMILES string of the molecule is Cc1ccc(NC(=O)CN2C(=O)N[C@@](C)(c3ccccc3Br)C2=O)cc1[N+](=O)[O-]. The third kappa shape index (κ3) is 3.83. The van der Waals surface area contributed by atoms with Gasteiger partial charge in [0, 0.05) is 27.4 Å². The zero-order valence-electron chi connectivity index (χ0n) is 15.6. The number of benzene rings is 2. The number of rotatable bonds is 5. The molecule has 150 valence electrons. The van der Waals surface area contributed by atoms with Gasteiger partial charge >= 0.3 is 6.03 Å². The molecule has 0 unspecified atom stereocenters. The molecule has 10 heteroatoms. The van der Waals surface area contributed by atoms with E-state index in [0.29, 0.717) is 15.6 Å². The highest BCUT2D eigenvalue weighted by Crippen LogP contribution is 2.33. The number of urea groups is 1. The second-order valence-corrected chi connectivity index (χ2v) is 7.59. The molecule has 0 aromatic heterocycles.